The average molecular weight is 237 g/mol. The molecule has 4 heteroatoms. The van der Waals surface area contributed by atoms with Crippen LogP contribution in [0.4, 0.5) is 0 Å². The highest BCUT2D eigenvalue weighted by molar-refractivity contribution is 4.96. The van der Waals surface area contributed by atoms with Crippen LogP contribution < -0.4 is 0 Å². The molecule has 0 amide bonds. The van der Waals surface area contributed by atoms with Crippen LogP contribution in [-0.2, 0) is 13.0 Å². The Morgan fingerprint density at radius 2 is 2.12 bits per heavy atom. The number of aromatic nitrogens is 3. The summed E-state index contributed by atoms with van der Waals surface area (Å²) in [4.78, 5) is 4.26. The van der Waals surface area contributed by atoms with E-state index in [0.717, 1.165) is 44.0 Å². The zero-order chi connectivity index (χ0) is 12.3. The molecule has 1 aromatic heterocycles. The van der Waals surface area contributed by atoms with Crippen molar-refractivity contribution in [2.75, 3.05) is 0 Å². The Bertz CT molecular complexity index is 353. The summed E-state index contributed by atoms with van der Waals surface area (Å²) >= 11 is 0. The molecule has 0 unspecified atom stereocenters. The standard InChI is InChI=1S/C13H23N3O/c1-3-11-5-7-13(17,8-6-11)9-12-14-10-15-16(12)4-2/h10-11,17H,3-9H2,1-2H3. The second-order valence-electron chi connectivity index (χ2n) is 5.24. The van der Waals surface area contributed by atoms with Crippen molar-refractivity contribution in [1.29, 1.82) is 0 Å². The van der Waals surface area contributed by atoms with E-state index in [1.54, 1.807) is 6.33 Å². The monoisotopic (exact) mass is 237 g/mol. The van der Waals surface area contributed by atoms with Crippen molar-refractivity contribution in [3.05, 3.63) is 12.2 Å². The van der Waals surface area contributed by atoms with E-state index in [2.05, 4.69) is 23.9 Å². The Labute approximate surface area is 103 Å². The second-order valence-corrected chi connectivity index (χ2v) is 5.24. The van der Waals surface area contributed by atoms with Gasteiger partial charge in [-0.2, -0.15) is 5.10 Å². The molecule has 4 nitrogen and oxygen atoms in total. The predicted molar refractivity (Wildman–Crippen MR) is 66.6 cm³/mol. The Morgan fingerprint density at radius 1 is 1.41 bits per heavy atom. The summed E-state index contributed by atoms with van der Waals surface area (Å²) in [6.07, 6.45) is 7.57. The Balaban J connectivity index is 1.99. The van der Waals surface area contributed by atoms with Gasteiger partial charge in [0.25, 0.3) is 0 Å². The maximum absolute atomic E-state index is 10.6. The lowest BCUT2D eigenvalue weighted by atomic mass is 9.76. The Hall–Kier alpha value is -0.900. The van der Waals surface area contributed by atoms with Crippen LogP contribution in [0.2, 0.25) is 0 Å². The third kappa shape index (κ3) is 2.86. The largest absolute Gasteiger partial charge is 0.389 e. The molecule has 1 aromatic rings. The molecule has 96 valence electrons. The molecule has 0 bridgehead atoms. The fraction of sp³-hybridized carbons (Fsp3) is 0.846. The molecule has 0 aliphatic heterocycles. The number of aliphatic hydroxyl groups is 1. The summed E-state index contributed by atoms with van der Waals surface area (Å²) in [5.74, 6) is 1.73. The van der Waals surface area contributed by atoms with Crippen molar-refractivity contribution in [1.82, 2.24) is 14.8 Å². The second kappa shape index (κ2) is 5.17. The quantitative estimate of drug-likeness (QED) is 0.873. The van der Waals surface area contributed by atoms with Crippen LogP contribution in [0.15, 0.2) is 6.33 Å². The third-order valence-corrected chi connectivity index (χ3v) is 4.10. The summed E-state index contributed by atoms with van der Waals surface area (Å²) in [7, 11) is 0. The maximum atomic E-state index is 10.6. The number of hydrogen-bond acceptors (Lipinski definition) is 3. The first-order valence-electron chi connectivity index (χ1n) is 6.76. The highest BCUT2D eigenvalue weighted by atomic mass is 16.3. The van der Waals surface area contributed by atoms with Gasteiger partial charge in [0.15, 0.2) is 0 Å². The number of hydrogen-bond donors (Lipinski definition) is 1. The van der Waals surface area contributed by atoms with Gasteiger partial charge >= 0.3 is 0 Å². The summed E-state index contributed by atoms with van der Waals surface area (Å²) < 4.78 is 1.88. The zero-order valence-electron chi connectivity index (χ0n) is 10.9. The normalized spacial score (nSPS) is 29.5. The van der Waals surface area contributed by atoms with Crippen LogP contribution in [0.3, 0.4) is 0 Å². The first-order valence-corrected chi connectivity index (χ1v) is 6.76. The van der Waals surface area contributed by atoms with Gasteiger partial charge in [0, 0.05) is 13.0 Å². The molecule has 1 N–H and O–H groups in total. The van der Waals surface area contributed by atoms with Gasteiger partial charge in [0.05, 0.1) is 5.60 Å². The summed E-state index contributed by atoms with van der Waals surface area (Å²) in [5, 5.41) is 14.8. The highest BCUT2D eigenvalue weighted by Crippen LogP contribution is 2.35. The first kappa shape index (κ1) is 12.6. The van der Waals surface area contributed by atoms with Crippen LogP contribution in [-0.4, -0.2) is 25.5 Å². The molecule has 1 saturated carbocycles. The molecule has 0 spiro atoms. The molecule has 1 heterocycles. The van der Waals surface area contributed by atoms with Crippen LogP contribution in [0.5, 0.6) is 0 Å². The van der Waals surface area contributed by atoms with Crippen LogP contribution in [0, 0.1) is 5.92 Å². The lowest BCUT2D eigenvalue weighted by Gasteiger charge is -2.35. The average Bonchev–Trinajstić information content (AvgIpc) is 2.77. The third-order valence-electron chi connectivity index (χ3n) is 4.10. The fourth-order valence-corrected chi connectivity index (χ4v) is 2.78. The van der Waals surface area contributed by atoms with E-state index < -0.39 is 5.60 Å². The lowest BCUT2D eigenvalue weighted by Crippen LogP contribution is -2.37. The van der Waals surface area contributed by atoms with Crippen LogP contribution >= 0.6 is 0 Å². The van der Waals surface area contributed by atoms with Crippen molar-refractivity contribution in [3.63, 3.8) is 0 Å². The molecule has 2 rings (SSSR count). The van der Waals surface area contributed by atoms with E-state index in [1.807, 2.05) is 4.68 Å². The van der Waals surface area contributed by atoms with Crippen molar-refractivity contribution in [2.45, 2.75) is 64.5 Å². The minimum Gasteiger partial charge on any atom is -0.389 e. The molecule has 1 aliphatic rings. The van der Waals surface area contributed by atoms with E-state index in [0.29, 0.717) is 6.42 Å². The summed E-state index contributed by atoms with van der Waals surface area (Å²) in [6.45, 7) is 5.11. The first-order chi connectivity index (χ1) is 8.17. The molecular formula is C13H23N3O. The van der Waals surface area contributed by atoms with Crippen molar-refractivity contribution >= 4 is 0 Å². The van der Waals surface area contributed by atoms with Crippen molar-refractivity contribution in [2.24, 2.45) is 5.92 Å². The number of aryl methyl sites for hydroxylation is 1. The topological polar surface area (TPSA) is 50.9 Å². The molecule has 1 aliphatic carbocycles. The van der Waals surface area contributed by atoms with Gasteiger partial charge < -0.3 is 5.11 Å². The smallest absolute Gasteiger partial charge is 0.138 e. The summed E-state index contributed by atoms with van der Waals surface area (Å²) in [5.41, 5.74) is -0.550. The lowest BCUT2D eigenvalue weighted by molar-refractivity contribution is -0.0116. The molecule has 0 aromatic carbocycles. The van der Waals surface area contributed by atoms with Gasteiger partial charge in [-0.25, -0.2) is 4.98 Å². The van der Waals surface area contributed by atoms with Gasteiger partial charge in [0.1, 0.15) is 12.2 Å². The van der Waals surface area contributed by atoms with Crippen LogP contribution in [0.25, 0.3) is 0 Å². The molecular weight excluding hydrogens is 214 g/mol. The fourth-order valence-electron chi connectivity index (χ4n) is 2.78. The van der Waals surface area contributed by atoms with Gasteiger partial charge in [-0.1, -0.05) is 13.3 Å². The number of rotatable bonds is 4. The van der Waals surface area contributed by atoms with E-state index >= 15 is 0 Å². The van der Waals surface area contributed by atoms with Crippen molar-refractivity contribution in [3.8, 4) is 0 Å². The van der Waals surface area contributed by atoms with Gasteiger partial charge in [-0.05, 0) is 38.5 Å². The Kier molecular flexibility index (Phi) is 3.82. The SMILES string of the molecule is CCC1CCC(O)(Cc2ncnn2CC)CC1. The van der Waals surface area contributed by atoms with Crippen molar-refractivity contribution < 1.29 is 5.11 Å². The number of nitrogens with zero attached hydrogens (tertiary/aromatic N) is 3. The molecule has 0 radical (unpaired) electrons. The van der Waals surface area contributed by atoms with E-state index in [4.69, 9.17) is 0 Å². The molecule has 0 atom stereocenters. The Morgan fingerprint density at radius 3 is 2.71 bits per heavy atom. The van der Waals surface area contributed by atoms with E-state index in [1.165, 1.54) is 6.42 Å². The van der Waals surface area contributed by atoms with Gasteiger partial charge in [0.2, 0.25) is 0 Å². The highest BCUT2D eigenvalue weighted by Gasteiger charge is 2.34. The maximum Gasteiger partial charge on any atom is 0.138 e. The molecule has 17 heavy (non-hydrogen) atoms. The van der Waals surface area contributed by atoms with E-state index in [9.17, 15) is 5.11 Å². The minimum atomic E-state index is -0.550. The van der Waals surface area contributed by atoms with Crippen LogP contribution in [0.1, 0.15) is 51.8 Å². The minimum absolute atomic E-state index is 0.550. The van der Waals surface area contributed by atoms with Gasteiger partial charge in [-0.15, -0.1) is 0 Å². The summed E-state index contributed by atoms with van der Waals surface area (Å²) in [6, 6.07) is 0. The molecule has 0 saturated heterocycles. The predicted octanol–water partition coefficient (Wildman–Crippen LogP) is 2.17. The zero-order valence-corrected chi connectivity index (χ0v) is 10.9. The van der Waals surface area contributed by atoms with E-state index in [-0.39, 0.29) is 0 Å². The molecule has 1 fully saturated rings. The van der Waals surface area contributed by atoms with Gasteiger partial charge in [-0.3, -0.25) is 4.68 Å².